The topological polar surface area (TPSA) is 46.5 Å². The van der Waals surface area contributed by atoms with Crippen LogP contribution in [-0.4, -0.2) is 25.0 Å². The molecule has 1 aromatic rings. The van der Waals surface area contributed by atoms with Gasteiger partial charge in [-0.25, -0.2) is 0 Å². The second-order valence-corrected chi connectivity index (χ2v) is 3.84. The standard InChI is InChI=1S/C11H13BO3/c1-15-11(13)7-8-2-3-9-4-5-12(14)10(9)6-8/h2-3,6,14H,4-5,7H2,1H3. The Kier molecular flexibility index (Phi) is 2.78. The van der Waals surface area contributed by atoms with Crippen LogP contribution >= 0.6 is 0 Å². The number of ether oxygens (including phenoxy) is 1. The molecule has 0 amide bonds. The van der Waals surface area contributed by atoms with Crippen molar-refractivity contribution in [3.63, 3.8) is 0 Å². The number of rotatable bonds is 2. The van der Waals surface area contributed by atoms with Gasteiger partial charge in [-0.15, -0.1) is 0 Å². The van der Waals surface area contributed by atoms with E-state index in [9.17, 15) is 9.82 Å². The van der Waals surface area contributed by atoms with E-state index in [0.29, 0.717) is 0 Å². The van der Waals surface area contributed by atoms with E-state index < -0.39 is 0 Å². The molecule has 0 saturated heterocycles. The summed E-state index contributed by atoms with van der Waals surface area (Å²) in [7, 11) is 1.38. The maximum atomic E-state index is 11.1. The van der Waals surface area contributed by atoms with Crippen molar-refractivity contribution < 1.29 is 14.6 Å². The van der Waals surface area contributed by atoms with Crippen LogP contribution in [0.2, 0.25) is 6.32 Å². The van der Waals surface area contributed by atoms with Crippen LogP contribution in [0.4, 0.5) is 0 Å². The molecule has 0 radical (unpaired) electrons. The lowest BCUT2D eigenvalue weighted by atomic mass is 9.63. The first-order valence-electron chi connectivity index (χ1n) is 5.07. The molecular weight excluding hydrogens is 191 g/mol. The summed E-state index contributed by atoms with van der Waals surface area (Å²) in [5, 5.41) is 9.68. The summed E-state index contributed by atoms with van der Waals surface area (Å²) in [6.07, 6.45) is 1.99. The van der Waals surface area contributed by atoms with Crippen molar-refractivity contribution >= 4 is 18.3 Å². The van der Waals surface area contributed by atoms with Gasteiger partial charge in [0.1, 0.15) is 0 Å². The first kappa shape index (κ1) is 10.2. The van der Waals surface area contributed by atoms with E-state index in [1.165, 1.54) is 12.7 Å². The first-order chi connectivity index (χ1) is 7.20. The molecule has 0 fully saturated rings. The van der Waals surface area contributed by atoms with Gasteiger partial charge in [0.25, 0.3) is 0 Å². The molecule has 1 N–H and O–H groups in total. The van der Waals surface area contributed by atoms with E-state index in [4.69, 9.17) is 0 Å². The quantitative estimate of drug-likeness (QED) is 0.550. The molecule has 2 rings (SSSR count). The number of fused-ring (bicyclic) bond motifs is 1. The van der Waals surface area contributed by atoms with Crippen molar-refractivity contribution in [1.29, 1.82) is 0 Å². The second kappa shape index (κ2) is 4.07. The minimum absolute atomic E-state index is 0.248. The van der Waals surface area contributed by atoms with Gasteiger partial charge in [-0.3, -0.25) is 4.79 Å². The Morgan fingerprint density at radius 1 is 1.60 bits per heavy atom. The van der Waals surface area contributed by atoms with Crippen LogP contribution in [0.15, 0.2) is 18.2 Å². The Balaban J connectivity index is 2.21. The molecule has 0 atom stereocenters. The van der Waals surface area contributed by atoms with Gasteiger partial charge in [0.2, 0.25) is 0 Å². The zero-order valence-corrected chi connectivity index (χ0v) is 8.69. The van der Waals surface area contributed by atoms with Crippen molar-refractivity contribution in [2.24, 2.45) is 0 Å². The second-order valence-electron chi connectivity index (χ2n) is 3.84. The number of esters is 1. The van der Waals surface area contributed by atoms with Gasteiger partial charge < -0.3 is 9.76 Å². The highest BCUT2D eigenvalue weighted by atomic mass is 16.5. The van der Waals surface area contributed by atoms with Crippen LogP contribution in [0.1, 0.15) is 11.1 Å². The van der Waals surface area contributed by atoms with E-state index in [2.05, 4.69) is 4.74 Å². The van der Waals surface area contributed by atoms with Crippen molar-refractivity contribution in [2.45, 2.75) is 19.2 Å². The van der Waals surface area contributed by atoms with Gasteiger partial charge in [-0.1, -0.05) is 23.8 Å². The van der Waals surface area contributed by atoms with Crippen LogP contribution in [0, 0.1) is 0 Å². The highest BCUT2D eigenvalue weighted by Crippen LogP contribution is 2.14. The average molecular weight is 204 g/mol. The van der Waals surface area contributed by atoms with Crippen LogP contribution in [0.5, 0.6) is 0 Å². The summed E-state index contributed by atoms with van der Waals surface area (Å²) in [4.78, 5) is 11.1. The van der Waals surface area contributed by atoms with Gasteiger partial charge in [0, 0.05) is 0 Å². The van der Waals surface area contributed by atoms with Crippen LogP contribution in [-0.2, 0) is 22.4 Å². The monoisotopic (exact) mass is 204 g/mol. The Bertz CT molecular complexity index is 389. The molecule has 0 bridgehead atoms. The van der Waals surface area contributed by atoms with Crippen molar-refractivity contribution in [3.05, 3.63) is 29.3 Å². The number of hydrogen-bond acceptors (Lipinski definition) is 3. The molecule has 78 valence electrons. The number of carbonyl (C=O) groups is 1. The molecular formula is C11H13BO3. The molecule has 3 nitrogen and oxygen atoms in total. The maximum Gasteiger partial charge on any atom is 0.324 e. The van der Waals surface area contributed by atoms with E-state index in [1.807, 2.05) is 18.2 Å². The number of methoxy groups -OCH3 is 1. The Labute approximate surface area is 89.2 Å². The fourth-order valence-electron chi connectivity index (χ4n) is 1.98. The predicted molar refractivity (Wildman–Crippen MR) is 58.3 cm³/mol. The van der Waals surface area contributed by atoms with Crippen LogP contribution in [0.25, 0.3) is 0 Å². The lowest BCUT2D eigenvalue weighted by Gasteiger charge is -2.05. The SMILES string of the molecule is COC(=O)Cc1ccc2c(c1)B(O)CC2. The van der Waals surface area contributed by atoms with E-state index in [0.717, 1.165) is 23.8 Å². The van der Waals surface area contributed by atoms with Crippen molar-refractivity contribution in [3.8, 4) is 0 Å². The lowest BCUT2D eigenvalue weighted by Crippen LogP contribution is -2.26. The number of benzene rings is 1. The molecule has 0 spiro atoms. The van der Waals surface area contributed by atoms with E-state index >= 15 is 0 Å². The molecule has 0 aliphatic carbocycles. The van der Waals surface area contributed by atoms with Gasteiger partial charge in [0.05, 0.1) is 13.5 Å². The van der Waals surface area contributed by atoms with Gasteiger partial charge in [-0.05, 0) is 23.8 Å². The lowest BCUT2D eigenvalue weighted by molar-refractivity contribution is -0.139. The minimum Gasteiger partial charge on any atom is -0.469 e. The summed E-state index contributed by atoms with van der Waals surface area (Å²) in [6.45, 7) is -0.363. The first-order valence-corrected chi connectivity index (χ1v) is 5.07. The number of hydrogen-bond donors (Lipinski definition) is 1. The van der Waals surface area contributed by atoms with Crippen molar-refractivity contribution in [2.75, 3.05) is 7.11 Å². The number of aryl methyl sites for hydroxylation is 1. The summed E-state index contributed by atoms with van der Waals surface area (Å²) in [6, 6.07) is 5.82. The minimum atomic E-state index is -0.363. The van der Waals surface area contributed by atoms with Gasteiger partial charge in [0.15, 0.2) is 0 Å². The highest BCUT2D eigenvalue weighted by Gasteiger charge is 2.24. The fraction of sp³-hybridized carbons (Fsp3) is 0.364. The molecule has 4 heteroatoms. The zero-order chi connectivity index (χ0) is 10.8. The van der Waals surface area contributed by atoms with Crippen molar-refractivity contribution in [1.82, 2.24) is 0 Å². The third-order valence-electron chi connectivity index (χ3n) is 2.83. The zero-order valence-electron chi connectivity index (χ0n) is 8.69. The summed E-state index contributed by atoms with van der Waals surface area (Å²) in [5.41, 5.74) is 3.06. The third-order valence-corrected chi connectivity index (χ3v) is 2.83. The smallest absolute Gasteiger partial charge is 0.324 e. The Morgan fingerprint density at radius 2 is 2.40 bits per heavy atom. The van der Waals surface area contributed by atoms with Crippen LogP contribution < -0.4 is 5.46 Å². The van der Waals surface area contributed by atoms with Gasteiger partial charge >= 0.3 is 12.9 Å². The molecule has 0 unspecified atom stereocenters. The maximum absolute atomic E-state index is 11.1. The molecule has 1 aliphatic heterocycles. The highest BCUT2D eigenvalue weighted by molar-refractivity contribution is 6.68. The molecule has 0 saturated carbocycles. The normalized spacial score (nSPS) is 13.9. The van der Waals surface area contributed by atoms with E-state index in [-0.39, 0.29) is 19.3 Å². The fourth-order valence-corrected chi connectivity index (χ4v) is 1.98. The van der Waals surface area contributed by atoms with Gasteiger partial charge in [-0.2, -0.15) is 0 Å². The van der Waals surface area contributed by atoms with Crippen LogP contribution in [0.3, 0.4) is 0 Å². The number of carbonyl (C=O) groups excluding carboxylic acids is 1. The Hall–Kier alpha value is -1.29. The summed E-state index contributed by atoms with van der Waals surface area (Å²) in [5.74, 6) is -0.248. The average Bonchev–Trinajstić information content (AvgIpc) is 2.60. The Morgan fingerprint density at radius 3 is 3.13 bits per heavy atom. The summed E-state index contributed by atoms with van der Waals surface area (Å²) >= 11 is 0. The largest absolute Gasteiger partial charge is 0.469 e. The molecule has 1 aromatic carbocycles. The summed E-state index contributed by atoms with van der Waals surface area (Å²) < 4.78 is 4.60. The molecule has 1 aliphatic rings. The molecule has 15 heavy (non-hydrogen) atoms. The predicted octanol–water partition coefficient (Wildman–Crippen LogP) is 0.149. The molecule has 1 heterocycles. The third kappa shape index (κ3) is 2.05. The molecule has 0 aromatic heterocycles. The van der Waals surface area contributed by atoms with E-state index in [1.54, 1.807) is 0 Å².